The molecule has 0 bridgehead atoms. The summed E-state index contributed by atoms with van der Waals surface area (Å²) in [5.41, 5.74) is 0.138. The van der Waals surface area contributed by atoms with E-state index in [1.54, 1.807) is 4.57 Å². The number of nitrogens with zero attached hydrogens (tertiary/aromatic N) is 3. The summed E-state index contributed by atoms with van der Waals surface area (Å²) in [6.45, 7) is 2.44. The van der Waals surface area contributed by atoms with E-state index in [0.717, 1.165) is 30.3 Å². The number of carboxylic acid groups (broad SMARTS) is 1. The lowest BCUT2D eigenvalue weighted by Gasteiger charge is -2.08. The molecule has 0 saturated carbocycles. The van der Waals surface area contributed by atoms with E-state index in [4.69, 9.17) is 5.11 Å². The first-order valence-electron chi connectivity index (χ1n) is 6.26. The van der Waals surface area contributed by atoms with E-state index in [1.165, 1.54) is 6.07 Å². The molecule has 0 unspecified atom stereocenters. The maximum Gasteiger partial charge on any atom is 0.313 e. The molecule has 5 nitrogen and oxygen atoms in total. The summed E-state index contributed by atoms with van der Waals surface area (Å²) in [6, 6.07) is 3.23. The summed E-state index contributed by atoms with van der Waals surface area (Å²) in [6.07, 6.45) is 0.745. The van der Waals surface area contributed by atoms with Crippen molar-refractivity contribution in [3.63, 3.8) is 0 Å². The predicted octanol–water partition coefficient (Wildman–Crippen LogP) is 2.81. The summed E-state index contributed by atoms with van der Waals surface area (Å²) < 4.78 is 28.5. The van der Waals surface area contributed by atoms with Crippen LogP contribution >= 0.6 is 11.8 Å². The van der Waals surface area contributed by atoms with Crippen LogP contribution in [0.3, 0.4) is 0 Å². The van der Waals surface area contributed by atoms with E-state index in [9.17, 15) is 13.6 Å². The van der Waals surface area contributed by atoms with Crippen LogP contribution in [-0.4, -0.2) is 31.6 Å². The van der Waals surface area contributed by atoms with Gasteiger partial charge in [-0.3, -0.25) is 4.79 Å². The third-order valence-corrected chi connectivity index (χ3v) is 3.61. The van der Waals surface area contributed by atoms with Crippen LogP contribution in [0.4, 0.5) is 8.78 Å². The van der Waals surface area contributed by atoms with Gasteiger partial charge in [0, 0.05) is 12.6 Å². The van der Waals surface area contributed by atoms with Crippen molar-refractivity contribution in [2.75, 3.05) is 5.75 Å². The molecule has 0 fully saturated rings. The smallest absolute Gasteiger partial charge is 0.313 e. The number of hydrogen-bond acceptors (Lipinski definition) is 4. The Kier molecular flexibility index (Phi) is 4.89. The van der Waals surface area contributed by atoms with E-state index in [2.05, 4.69) is 10.2 Å². The minimum absolute atomic E-state index is 0.138. The standard InChI is InChI=1S/C13H13F2N3O2S/c1-2-5-18-12(9-4-3-8(14)6-10(9)15)16-17-13(18)21-7-11(19)20/h3-4,6H,2,5,7H2,1H3,(H,19,20). The van der Waals surface area contributed by atoms with Crippen molar-refractivity contribution in [3.8, 4) is 11.4 Å². The molecule has 2 aromatic rings. The van der Waals surface area contributed by atoms with Crippen LogP contribution in [0, 0.1) is 11.6 Å². The molecule has 2 rings (SSSR count). The average Bonchev–Trinajstić information content (AvgIpc) is 2.80. The van der Waals surface area contributed by atoms with Gasteiger partial charge in [-0.05, 0) is 18.6 Å². The fraction of sp³-hybridized carbons (Fsp3) is 0.308. The molecule has 8 heteroatoms. The van der Waals surface area contributed by atoms with E-state index >= 15 is 0 Å². The molecule has 1 aromatic carbocycles. The SMILES string of the molecule is CCCn1c(SCC(=O)O)nnc1-c1ccc(F)cc1F. The maximum atomic E-state index is 13.9. The molecule has 0 atom stereocenters. The summed E-state index contributed by atoms with van der Waals surface area (Å²) >= 11 is 1.01. The van der Waals surface area contributed by atoms with Gasteiger partial charge in [-0.1, -0.05) is 18.7 Å². The van der Waals surface area contributed by atoms with Crippen LogP contribution in [0.25, 0.3) is 11.4 Å². The van der Waals surface area contributed by atoms with Gasteiger partial charge in [0.25, 0.3) is 0 Å². The lowest BCUT2D eigenvalue weighted by molar-refractivity contribution is -0.133. The number of carbonyl (C=O) groups is 1. The van der Waals surface area contributed by atoms with Gasteiger partial charge in [-0.2, -0.15) is 0 Å². The number of thioether (sulfide) groups is 1. The molecule has 1 N–H and O–H groups in total. The quantitative estimate of drug-likeness (QED) is 0.831. The Morgan fingerprint density at radius 2 is 2.14 bits per heavy atom. The number of aromatic nitrogens is 3. The molecular formula is C13H13F2N3O2S. The average molecular weight is 313 g/mol. The summed E-state index contributed by atoms with van der Waals surface area (Å²) in [7, 11) is 0. The monoisotopic (exact) mass is 313 g/mol. The third kappa shape index (κ3) is 3.57. The second kappa shape index (κ2) is 6.66. The Balaban J connectivity index is 2.41. The normalized spacial score (nSPS) is 10.8. The highest BCUT2D eigenvalue weighted by Gasteiger charge is 2.17. The Labute approximate surface area is 124 Å². The number of aliphatic carboxylic acids is 1. The van der Waals surface area contributed by atoms with Crippen LogP contribution in [0.15, 0.2) is 23.4 Å². The number of rotatable bonds is 6. The predicted molar refractivity (Wildman–Crippen MR) is 74.0 cm³/mol. The maximum absolute atomic E-state index is 13.9. The first-order valence-corrected chi connectivity index (χ1v) is 7.24. The van der Waals surface area contributed by atoms with Gasteiger partial charge in [0.15, 0.2) is 11.0 Å². The van der Waals surface area contributed by atoms with Crippen molar-refractivity contribution < 1.29 is 18.7 Å². The molecule has 0 radical (unpaired) electrons. The lowest BCUT2D eigenvalue weighted by Crippen LogP contribution is -2.05. The molecule has 0 saturated heterocycles. The Morgan fingerprint density at radius 3 is 2.76 bits per heavy atom. The Bertz CT molecular complexity index is 661. The summed E-state index contributed by atoms with van der Waals surface area (Å²) in [5, 5.41) is 16.9. The minimum Gasteiger partial charge on any atom is -0.481 e. The fourth-order valence-electron chi connectivity index (χ4n) is 1.82. The van der Waals surface area contributed by atoms with E-state index in [-0.39, 0.29) is 17.1 Å². The Morgan fingerprint density at radius 1 is 1.38 bits per heavy atom. The van der Waals surface area contributed by atoms with Crippen LogP contribution < -0.4 is 0 Å². The van der Waals surface area contributed by atoms with Gasteiger partial charge in [0.2, 0.25) is 0 Å². The second-order valence-electron chi connectivity index (χ2n) is 4.26. The zero-order valence-electron chi connectivity index (χ0n) is 11.2. The van der Waals surface area contributed by atoms with Gasteiger partial charge in [0.05, 0.1) is 11.3 Å². The van der Waals surface area contributed by atoms with Crippen molar-refractivity contribution in [1.29, 1.82) is 0 Å². The van der Waals surface area contributed by atoms with Crippen molar-refractivity contribution in [2.45, 2.75) is 25.0 Å². The zero-order chi connectivity index (χ0) is 15.4. The highest BCUT2D eigenvalue weighted by molar-refractivity contribution is 7.99. The first-order chi connectivity index (χ1) is 10.0. The first kappa shape index (κ1) is 15.4. The van der Waals surface area contributed by atoms with E-state index < -0.39 is 17.6 Å². The number of hydrogen-bond donors (Lipinski definition) is 1. The van der Waals surface area contributed by atoms with Crippen LogP contribution in [0.5, 0.6) is 0 Å². The zero-order valence-corrected chi connectivity index (χ0v) is 12.0. The highest BCUT2D eigenvalue weighted by Crippen LogP contribution is 2.26. The molecule has 0 aliphatic rings. The molecular weight excluding hydrogens is 300 g/mol. The molecule has 0 amide bonds. The van der Waals surface area contributed by atoms with Gasteiger partial charge >= 0.3 is 5.97 Å². The van der Waals surface area contributed by atoms with Gasteiger partial charge in [-0.25, -0.2) is 8.78 Å². The van der Waals surface area contributed by atoms with Gasteiger partial charge < -0.3 is 9.67 Å². The van der Waals surface area contributed by atoms with Crippen molar-refractivity contribution in [1.82, 2.24) is 14.8 Å². The van der Waals surface area contributed by atoms with Crippen molar-refractivity contribution >= 4 is 17.7 Å². The van der Waals surface area contributed by atoms with Gasteiger partial charge in [0.1, 0.15) is 11.6 Å². The van der Waals surface area contributed by atoms with Gasteiger partial charge in [-0.15, -0.1) is 10.2 Å². The van der Waals surface area contributed by atoms with E-state index in [1.807, 2.05) is 6.92 Å². The van der Waals surface area contributed by atoms with Crippen LogP contribution in [-0.2, 0) is 11.3 Å². The Hall–Kier alpha value is -1.96. The molecule has 1 aromatic heterocycles. The summed E-state index contributed by atoms with van der Waals surface area (Å²) in [4.78, 5) is 10.6. The summed E-state index contributed by atoms with van der Waals surface area (Å²) in [5.74, 6) is -2.26. The number of halogens is 2. The lowest BCUT2D eigenvalue weighted by atomic mass is 10.2. The third-order valence-electron chi connectivity index (χ3n) is 2.66. The second-order valence-corrected chi connectivity index (χ2v) is 5.21. The van der Waals surface area contributed by atoms with Crippen LogP contribution in [0.2, 0.25) is 0 Å². The molecule has 112 valence electrons. The largest absolute Gasteiger partial charge is 0.481 e. The molecule has 0 spiro atoms. The van der Waals surface area contributed by atoms with Crippen LogP contribution in [0.1, 0.15) is 13.3 Å². The highest BCUT2D eigenvalue weighted by atomic mass is 32.2. The molecule has 1 heterocycles. The molecule has 21 heavy (non-hydrogen) atoms. The number of benzene rings is 1. The topological polar surface area (TPSA) is 68.0 Å². The van der Waals surface area contributed by atoms with Crippen molar-refractivity contribution in [2.24, 2.45) is 0 Å². The fourth-order valence-corrected chi connectivity index (χ4v) is 2.50. The molecule has 0 aliphatic carbocycles. The van der Waals surface area contributed by atoms with Crippen molar-refractivity contribution in [3.05, 3.63) is 29.8 Å². The number of carboxylic acids is 1. The molecule has 0 aliphatic heterocycles. The van der Waals surface area contributed by atoms with E-state index in [0.29, 0.717) is 11.7 Å². The minimum atomic E-state index is -0.972.